The fourth-order valence-corrected chi connectivity index (χ4v) is 3.03. The zero-order valence-corrected chi connectivity index (χ0v) is 17.3. The van der Waals surface area contributed by atoms with Gasteiger partial charge in [-0.3, -0.25) is 4.79 Å². The molecule has 1 heterocycles. The first-order chi connectivity index (χ1) is 14.5. The molecule has 0 atom stereocenters. The summed E-state index contributed by atoms with van der Waals surface area (Å²) in [4.78, 5) is 25.1. The number of hydrazone groups is 1. The SMILES string of the molecule is COC(=O)/C(C)=N/N1CNC(c2ccc(OC)cc2)=C(c2ccc(OC)cc2)C1=O. The lowest BCUT2D eigenvalue weighted by Crippen LogP contribution is -2.41. The fourth-order valence-electron chi connectivity index (χ4n) is 3.03. The molecule has 0 aliphatic carbocycles. The van der Waals surface area contributed by atoms with Gasteiger partial charge in [0, 0.05) is 0 Å². The van der Waals surface area contributed by atoms with Crippen LogP contribution in [-0.4, -0.2) is 50.6 Å². The number of benzene rings is 2. The van der Waals surface area contributed by atoms with Crippen molar-refractivity contribution in [3.63, 3.8) is 0 Å². The summed E-state index contributed by atoms with van der Waals surface area (Å²) in [6.45, 7) is 1.60. The summed E-state index contributed by atoms with van der Waals surface area (Å²) < 4.78 is 15.1. The summed E-state index contributed by atoms with van der Waals surface area (Å²) in [5.74, 6) is 0.456. The Morgan fingerprint density at radius 1 is 0.933 bits per heavy atom. The molecule has 8 nitrogen and oxygen atoms in total. The highest BCUT2D eigenvalue weighted by atomic mass is 16.5. The number of methoxy groups -OCH3 is 3. The Bertz CT molecular complexity index is 994. The van der Waals surface area contributed by atoms with E-state index in [1.54, 1.807) is 38.5 Å². The summed E-state index contributed by atoms with van der Waals surface area (Å²) in [6.07, 6.45) is 0. The number of hydrogen-bond donors (Lipinski definition) is 1. The first-order valence-corrected chi connectivity index (χ1v) is 9.21. The van der Waals surface area contributed by atoms with Crippen LogP contribution in [0.1, 0.15) is 18.1 Å². The van der Waals surface area contributed by atoms with E-state index in [-0.39, 0.29) is 18.3 Å². The van der Waals surface area contributed by atoms with Crippen LogP contribution in [0.2, 0.25) is 0 Å². The molecular weight excluding hydrogens is 386 g/mol. The Labute approximate surface area is 174 Å². The van der Waals surface area contributed by atoms with Crippen LogP contribution in [0.5, 0.6) is 11.5 Å². The van der Waals surface area contributed by atoms with Crippen LogP contribution in [0, 0.1) is 0 Å². The fraction of sp³-hybridized carbons (Fsp3) is 0.227. The van der Waals surface area contributed by atoms with Gasteiger partial charge in [0.05, 0.1) is 32.6 Å². The Morgan fingerprint density at radius 2 is 1.47 bits per heavy atom. The van der Waals surface area contributed by atoms with Gasteiger partial charge in [-0.15, -0.1) is 0 Å². The maximum Gasteiger partial charge on any atom is 0.353 e. The predicted molar refractivity (Wildman–Crippen MR) is 113 cm³/mol. The minimum Gasteiger partial charge on any atom is -0.497 e. The molecule has 30 heavy (non-hydrogen) atoms. The number of ether oxygens (including phenoxy) is 3. The highest BCUT2D eigenvalue weighted by Crippen LogP contribution is 2.31. The maximum atomic E-state index is 13.3. The number of carbonyl (C=O) groups excluding carboxylic acids is 2. The Morgan fingerprint density at radius 3 is 1.97 bits per heavy atom. The molecule has 156 valence electrons. The van der Waals surface area contributed by atoms with E-state index in [0.717, 1.165) is 5.56 Å². The first-order valence-electron chi connectivity index (χ1n) is 9.21. The summed E-state index contributed by atoms with van der Waals surface area (Å²) in [5.41, 5.74) is 2.68. The normalized spacial score (nSPS) is 14.3. The lowest BCUT2D eigenvalue weighted by molar-refractivity contribution is -0.132. The van der Waals surface area contributed by atoms with E-state index >= 15 is 0 Å². The van der Waals surface area contributed by atoms with Gasteiger partial charge in [-0.05, 0) is 54.4 Å². The van der Waals surface area contributed by atoms with Crippen molar-refractivity contribution >= 4 is 28.9 Å². The molecule has 3 rings (SSSR count). The molecule has 0 spiro atoms. The Balaban J connectivity index is 2.09. The summed E-state index contributed by atoms with van der Waals surface area (Å²) in [6, 6.07) is 14.6. The zero-order chi connectivity index (χ0) is 21.7. The van der Waals surface area contributed by atoms with E-state index in [2.05, 4.69) is 15.2 Å². The second-order valence-electron chi connectivity index (χ2n) is 6.42. The number of nitrogens with zero attached hydrogens (tertiary/aromatic N) is 2. The van der Waals surface area contributed by atoms with Crippen LogP contribution >= 0.6 is 0 Å². The molecule has 0 bridgehead atoms. The third-order valence-corrected chi connectivity index (χ3v) is 4.61. The molecule has 2 aromatic carbocycles. The predicted octanol–water partition coefficient (Wildman–Crippen LogP) is 2.51. The highest BCUT2D eigenvalue weighted by molar-refractivity contribution is 6.36. The van der Waals surface area contributed by atoms with E-state index in [9.17, 15) is 9.59 Å². The van der Waals surface area contributed by atoms with Crippen LogP contribution in [0.25, 0.3) is 11.3 Å². The van der Waals surface area contributed by atoms with Crippen LogP contribution in [0.4, 0.5) is 0 Å². The van der Waals surface area contributed by atoms with Crippen LogP contribution < -0.4 is 14.8 Å². The molecule has 1 N–H and O–H groups in total. The third-order valence-electron chi connectivity index (χ3n) is 4.61. The number of nitrogens with one attached hydrogen (secondary N) is 1. The molecule has 0 fully saturated rings. The van der Waals surface area contributed by atoms with E-state index in [4.69, 9.17) is 9.47 Å². The van der Waals surface area contributed by atoms with Gasteiger partial charge < -0.3 is 19.5 Å². The molecule has 2 aromatic rings. The van der Waals surface area contributed by atoms with Crippen LogP contribution in [0.3, 0.4) is 0 Å². The van der Waals surface area contributed by atoms with Crippen LogP contribution in [0.15, 0.2) is 53.6 Å². The summed E-state index contributed by atoms with van der Waals surface area (Å²) in [7, 11) is 4.44. The molecule has 1 aliphatic rings. The van der Waals surface area contributed by atoms with Crippen molar-refractivity contribution in [3.8, 4) is 11.5 Å². The molecule has 8 heteroatoms. The smallest absolute Gasteiger partial charge is 0.353 e. The van der Waals surface area contributed by atoms with Gasteiger partial charge in [0.25, 0.3) is 5.91 Å². The molecular formula is C22H23N3O5. The third kappa shape index (κ3) is 4.27. The topological polar surface area (TPSA) is 89.5 Å². The first kappa shape index (κ1) is 20.9. The number of hydrogen-bond acceptors (Lipinski definition) is 7. The average Bonchev–Trinajstić information content (AvgIpc) is 2.79. The van der Waals surface area contributed by atoms with Gasteiger partial charge >= 0.3 is 5.97 Å². The lowest BCUT2D eigenvalue weighted by atomic mass is 9.97. The maximum absolute atomic E-state index is 13.3. The molecule has 0 radical (unpaired) electrons. The van der Waals surface area contributed by atoms with Crippen molar-refractivity contribution in [2.75, 3.05) is 28.0 Å². The van der Waals surface area contributed by atoms with Gasteiger partial charge in [0.2, 0.25) is 0 Å². The van der Waals surface area contributed by atoms with Crippen molar-refractivity contribution in [1.29, 1.82) is 0 Å². The number of rotatable bonds is 6. The quantitative estimate of drug-likeness (QED) is 0.583. The van der Waals surface area contributed by atoms with Gasteiger partial charge in [-0.25, -0.2) is 9.80 Å². The molecule has 0 unspecified atom stereocenters. The summed E-state index contributed by atoms with van der Waals surface area (Å²) in [5, 5.41) is 8.59. The minimum absolute atomic E-state index is 0.0784. The average molecular weight is 409 g/mol. The monoisotopic (exact) mass is 409 g/mol. The summed E-state index contributed by atoms with van der Waals surface area (Å²) >= 11 is 0. The van der Waals surface area contributed by atoms with Crippen molar-refractivity contribution in [3.05, 3.63) is 59.7 Å². The Hall–Kier alpha value is -3.81. The minimum atomic E-state index is -0.598. The molecule has 1 aliphatic heterocycles. The molecule has 0 saturated carbocycles. The molecule has 1 amide bonds. The van der Waals surface area contributed by atoms with E-state index in [0.29, 0.717) is 28.3 Å². The van der Waals surface area contributed by atoms with E-state index in [1.165, 1.54) is 19.0 Å². The number of amides is 1. The van der Waals surface area contributed by atoms with Crippen molar-refractivity contribution in [1.82, 2.24) is 10.3 Å². The zero-order valence-electron chi connectivity index (χ0n) is 17.3. The lowest BCUT2D eigenvalue weighted by Gasteiger charge is -2.29. The second kappa shape index (κ2) is 9.13. The largest absolute Gasteiger partial charge is 0.497 e. The van der Waals surface area contributed by atoms with Crippen molar-refractivity contribution in [2.45, 2.75) is 6.92 Å². The van der Waals surface area contributed by atoms with Gasteiger partial charge in [0.1, 0.15) is 23.9 Å². The van der Waals surface area contributed by atoms with Crippen molar-refractivity contribution in [2.24, 2.45) is 5.10 Å². The van der Waals surface area contributed by atoms with Crippen molar-refractivity contribution < 1.29 is 23.8 Å². The number of esters is 1. The second-order valence-corrected chi connectivity index (χ2v) is 6.42. The van der Waals surface area contributed by atoms with E-state index in [1.807, 2.05) is 24.3 Å². The standard InChI is InChI=1S/C22H23N3O5/c1-14(22(27)30-4)24-25-13-23-20(16-7-11-18(29-3)12-8-16)19(21(25)26)15-5-9-17(28-2)10-6-15/h5-12,23H,13H2,1-4H3/b24-14+. The molecule has 0 aromatic heterocycles. The number of carbonyl (C=O) groups is 2. The highest BCUT2D eigenvalue weighted by Gasteiger charge is 2.29. The van der Waals surface area contributed by atoms with Crippen LogP contribution in [-0.2, 0) is 14.3 Å². The molecule has 0 saturated heterocycles. The van der Waals surface area contributed by atoms with E-state index < -0.39 is 5.97 Å². The van der Waals surface area contributed by atoms with Gasteiger partial charge in [0.15, 0.2) is 0 Å². The van der Waals surface area contributed by atoms with Gasteiger partial charge in [-0.2, -0.15) is 5.10 Å². The Kier molecular flexibility index (Phi) is 6.36. The van der Waals surface area contributed by atoms with Gasteiger partial charge in [-0.1, -0.05) is 12.1 Å².